The first-order valence-electron chi connectivity index (χ1n) is 13.5. The highest BCUT2D eigenvalue weighted by Crippen LogP contribution is 2.46. The molecule has 1 unspecified atom stereocenters. The second kappa shape index (κ2) is 8.40. The number of rotatable bonds is 5. The normalized spacial score (nSPS) is 24.7. The molecule has 2 aromatic carbocycles. The molecule has 3 heteroatoms. The standard InChI is InChI=1S/C32H39N3/c1-21-8-6-9-26(16-21)27-13-10-22(2)29(19-27)35-15-7-14-32(35,5)31-33-28-17-23(3)24(4)18-30(28)34(31)20-25-11-12-25/h6,8-10,16-19,25,27H,7,11-15,20H2,1-5H3/t27?,32-/m0/s1. The molecule has 1 saturated carbocycles. The van der Waals surface area contributed by atoms with Gasteiger partial charge in [-0.25, -0.2) is 4.98 Å². The van der Waals surface area contributed by atoms with Gasteiger partial charge in [-0.3, -0.25) is 0 Å². The zero-order valence-corrected chi connectivity index (χ0v) is 22.1. The van der Waals surface area contributed by atoms with Crippen molar-refractivity contribution in [1.82, 2.24) is 14.5 Å². The topological polar surface area (TPSA) is 21.1 Å². The Kier molecular flexibility index (Phi) is 5.43. The summed E-state index contributed by atoms with van der Waals surface area (Å²) in [6, 6.07) is 13.7. The fraction of sp³-hybridized carbons (Fsp3) is 0.469. The van der Waals surface area contributed by atoms with Crippen LogP contribution in [0.4, 0.5) is 0 Å². The summed E-state index contributed by atoms with van der Waals surface area (Å²) >= 11 is 0. The molecule has 2 heterocycles. The molecule has 35 heavy (non-hydrogen) atoms. The molecule has 0 bridgehead atoms. The van der Waals surface area contributed by atoms with Crippen LogP contribution >= 0.6 is 0 Å². The van der Waals surface area contributed by atoms with Crippen molar-refractivity contribution in [3.8, 4) is 0 Å². The molecule has 3 aliphatic rings. The highest BCUT2D eigenvalue weighted by Gasteiger charge is 2.44. The molecular weight excluding hydrogens is 426 g/mol. The Bertz CT molecular complexity index is 1350. The van der Waals surface area contributed by atoms with E-state index in [1.165, 1.54) is 69.6 Å². The summed E-state index contributed by atoms with van der Waals surface area (Å²) in [4.78, 5) is 8.08. The van der Waals surface area contributed by atoms with Crippen LogP contribution in [0, 0.1) is 26.7 Å². The van der Waals surface area contributed by atoms with E-state index in [0.29, 0.717) is 5.92 Å². The van der Waals surface area contributed by atoms with Gasteiger partial charge in [0.05, 0.1) is 16.6 Å². The van der Waals surface area contributed by atoms with Crippen LogP contribution in [0.2, 0.25) is 0 Å². The van der Waals surface area contributed by atoms with Crippen molar-refractivity contribution >= 4 is 11.0 Å². The Balaban J connectivity index is 1.45. The second-order valence-electron chi connectivity index (χ2n) is 11.6. The first-order valence-corrected chi connectivity index (χ1v) is 13.5. The SMILES string of the molecule is CC1=CCC(c2cccc(C)c2)C=C1N1CCC[C@@]1(C)c1nc2cc(C)c(C)cc2n1CC1CC1. The molecule has 0 amide bonds. The first kappa shape index (κ1) is 22.6. The molecule has 6 rings (SSSR count). The van der Waals surface area contributed by atoms with Crippen LogP contribution in [0.3, 0.4) is 0 Å². The molecule has 3 aromatic rings. The second-order valence-corrected chi connectivity index (χ2v) is 11.6. The Labute approximate surface area is 210 Å². The highest BCUT2D eigenvalue weighted by molar-refractivity contribution is 5.78. The molecular formula is C32H39N3. The van der Waals surface area contributed by atoms with E-state index in [4.69, 9.17) is 4.98 Å². The molecule has 0 radical (unpaired) electrons. The lowest BCUT2D eigenvalue weighted by molar-refractivity contribution is 0.190. The van der Waals surface area contributed by atoms with Gasteiger partial charge < -0.3 is 9.47 Å². The van der Waals surface area contributed by atoms with E-state index in [9.17, 15) is 0 Å². The van der Waals surface area contributed by atoms with Crippen molar-refractivity contribution in [2.75, 3.05) is 6.54 Å². The Hall–Kier alpha value is -2.81. The fourth-order valence-corrected chi connectivity index (χ4v) is 6.35. The van der Waals surface area contributed by atoms with Crippen molar-refractivity contribution in [2.24, 2.45) is 5.92 Å². The minimum atomic E-state index is -0.0921. The largest absolute Gasteiger partial charge is 0.359 e. The van der Waals surface area contributed by atoms with E-state index >= 15 is 0 Å². The summed E-state index contributed by atoms with van der Waals surface area (Å²) in [5, 5.41) is 0. The molecule has 2 fully saturated rings. The predicted molar refractivity (Wildman–Crippen MR) is 146 cm³/mol. The van der Waals surface area contributed by atoms with Gasteiger partial charge in [-0.2, -0.15) is 0 Å². The van der Waals surface area contributed by atoms with Crippen LogP contribution in [0.25, 0.3) is 11.0 Å². The van der Waals surface area contributed by atoms with E-state index in [1.807, 2.05) is 0 Å². The van der Waals surface area contributed by atoms with Gasteiger partial charge in [0.1, 0.15) is 5.82 Å². The summed E-state index contributed by atoms with van der Waals surface area (Å²) in [6.45, 7) is 13.6. The van der Waals surface area contributed by atoms with Crippen molar-refractivity contribution < 1.29 is 0 Å². The van der Waals surface area contributed by atoms with Crippen molar-refractivity contribution in [3.63, 3.8) is 0 Å². The van der Waals surface area contributed by atoms with E-state index in [0.717, 1.165) is 31.8 Å². The average molecular weight is 466 g/mol. The van der Waals surface area contributed by atoms with Crippen LogP contribution in [-0.4, -0.2) is 21.0 Å². The Morgan fingerprint density at radius 2 is 1.83 bits per heavy atom. The van der Waals surface area contributed by atoms with E-state index in [1.54, 1.807) is 0 Å². The summed E-state index contributed by atoms with van der Waals surface area (Å²) in [6.07, 6.45) is 11.2. The van der Waals surface area contributed by atoms with Crippen LogP contribution in [0.15, 0.2) is 59.8 Å². The molecule has 0 N–H and O–H groups in total. The number of allylic oxidation sites excluding steroid dienone is 3. The van der Waals surface area contributed by atoms with Gasteiger partial charge in [0.25, 0.3) is 0 Å². The summed E-state index contributed by atoms with van der Waals surface area (Å²) in [5.41, 5.74) is 10.7. The number of nitrogens with zero attached hydrogens (tertiary/aromatic N) is 3. The zero-order valence-electron chi connectivity index (χ0n) is 22.1. The van der Waals surface area contributed by atoms with E-state index in [2.05, 4.69) is 92.6 Å². The van der Waals surface area contributed by atoms with Gasteiger partial charge in [0, 0.05) is 24.7 Å². The number of benzene rings is 2. The number of fused-ring (bicyclic) bond motifs is 1. The Morgan fingerprint density at radius 3 is 2.60 bits per heavy atom. The van der Waals surface area contributed by atoms with Crippen molar-refractivity contribution in [1.29, 1.82) is 0 Å². The summed E-state index contributed by atoms with van der Waals surface area (Å²) in [7, 11) is 0. The maximum Gasteiger partial charge on any atom is 0.135 e. The fourth-order valence-electron chi connectivity index (χ4n) is 6.35. The Morgan fingerprint density at radius 1 is 1.03 bits per heavy atom. The molecule has 3 nitrogen and oxygen atoms in total. The van der Waals surface area contributed by atoms with Crippen molar-refractivity contribution in [3.05, 3.63) is 87.9 Å². The third-order valence-corrected chi connectivity index (χ3v) is 8.83. The minimum Gasteiger partial charge on any atom is -0.359 e. The number of hydrogen-bond donors (Lipinski definition) is 0. The van der Waals surface area contributed by atoms with Gasteiger partial charge >= 0.3 is 0 Å². The molecule has 1 aliphatic heterocycles. The van der Waals surface area contributed by atoms with E-state index < -0.39 is 0 Å². The number of imidazole rings is 1. The lowest BCUT2D eigenvalue weighted by atomic mass is 9.86. The molecule has 1 aromatic heterocycles. The summed E-state index contributed by atoms with van der Waals surface area (Å²) < 4.78 is 2.60. The van der Waals surface area contributed by atoms with Gasteiger partial charge in [0.2, 0.25) is 0 Å². The highest BCUT2D eigenvalue weighted by atomic mass is 15.3. The number of hydrogen-bond acceptors (Lipinski definition) is 2. The molecule has 1 saturated heterocycles. The van der Waals surface area contributed by atoms with Crippen LogP contribution in [0.5, 0.6) is 0 Å². The zero-order chi connectivity index (χ0) is 24.3. The molecule has 0 spiro atoms. The van der Waals surface area contributed by atoms with Crippen LogP contribution in [-0.2, 0) is 12.1 Å². The van der Waals surface area contributed by atoms with Gasteiger partial charge in [-0.15, -0.1) is 0 Å². The smallest absolute Gasteiger partial charge is 0.135 e. The molecule has 182 valence electrons. The minimum absolute atomic E-state index is 0.0921. The van der Waals surface area contributed by atoms with Gasteiger partial charge in [-0.1, -0.05) is 42.0 Å². The third kappa shape index (κ3) is 3.93. The lowest BCUT2D eigenvalue weighted by Crippen LogP contribution is -2.41. The van der Waals surface area contributed by atoms with Crippen LogP contribution in [0.1, 0.15) is 79.9 Å². The number of aromatic nitrogens is 2. The van der Waals surface area contributed by atoms with Crippen LogP contribution < -0.4 is 0 Å². The van der Waals surface area contributed by atoms with Crippen molar-refractivity contribution in [2.45, 2.75) is 84.7 Å². The average Bonchev–Trinajstić information content (AvgIpc) is 3.48. The monoisotopic (exact) mass is 465 g/mol. The number of likely N-dealkylation sites (tertiary alicyclic amines) is 1. The lowest BCUT2D eigenvalue weighted by Gasteiger charge is -2.40. The molecule has 2 aliphatic carbocycles. The first-order chi connectivity index (χ1) is 16.8. The third-order valence-electron chi connectivity index (χ3n) is 8.83. The van der Waals surface area contributed by atoms with Gasteiger partial charge in [-0.05, 0) is 107 Å². The number of aryl methyl sites for hydroxylation is 3. The quantitative estimate of drug-likeness (QED) is 0.385. The van der Waals surface area contributed by atoms with Gasteiger partial charge in [0.15, 0.2) is 0 Å². The molecule has 2 atom stereocenters. The van der Waals surface area contributed by atoms with E-state index in [-0.39, 0.29) is 5.54 Å². The maximum absolute atomic E-state index is 5.38. The summed E-state index contributed by atoms with van der Waals surface area (Å²) in [5.74, 6) is 2.52. The predicted octanol–water partition coefficient (Wildman–Crippen LogP) is 7.70. The maximum atomic E-state index is 5.38.